The average Bonchev–Trinajstić information content (AvgIpc) is 3.09. The lowest BCUT2D eigenvalue weighted by atomic mass is 9.88. The number of aryl methyl sites for hydroxylation is 1. The number of carbonyl (C=O) groups excluding carboxylic acids is 2. The molecule has 1 heterocycles. The van der Waals surface area contributed by atoms with E-state index in [1.165, 1.54) is 0 Å². The number of carbonyl (C=O) groups is 2. The first-order valence-electron chi connectivity index (χ1n) is 10.5. The summed E-state index contributed by atoms with van der Waals surface area (Å²) in [5.41, 5.74) is 2.29. The fourth-order valence-corrected chi connectivity index (χ4v) is 5.65. The zero-order chi connectivity index (χ0) is 20.7. The molecule has 1 unspecified atom stereocenters. The van der Waals surface area contributed by atoms with E-state index >= 15 is 0 Å². The van der Waals surface area contributed by atoms with E-state index in [0.29, 0.717) is 6.42 Å². The Morgan fingerprint density at radius 3 is 2.64 bits per heavy atom. The number of ketones is 1. The van der Waals surface area contributed by atoms with E-state index in [0.717, 1.165) is 42.4 Å². The molecule has 0 bridgehead atoms. The van der Waals surface area contributed by atoms with Gasteiger partial charge >= 0.3 is 0 Å². The van der Waals surface area contributed by atoms with E-state index in [9.17, 15) is 9.59 Å². The molecule has 1 aliphatic heterocycles. The van der Waals surface area contributed by atoms with Crippen LogP contribution in [0.5, 0.6) is 5.75 Å². The molecule has 1 saturated carbocycles. The largest absolute Gasteiger partial charge is 0.489 e. The smallest absolute Gasteiger partial charge is 0.192 e. The lowest BCUT2D eigenvalue weighted by Crippen LogP contribution is -2.45. The molecule has 3 rings (SSSR count). The predicted octanol–water partition coefficient (Wildman–Crippen LogP) is 5.05. The van der Waals surface area contributed by atoms with Crippen LogP contribution in [-0.4, -0.2) is 32.6 Å². The first-order valence-corrected chi connectivity index (χ1v) is 13.4. The number of ether oxygens (including phenoxy) is 1. The monoisotopic (exact) mass is 402 g/mol. The highest BCUT2D eigenvalue weighted by Crippen LogP contribution is 2.53. The van der Waals surface area contributed by atoms with Crippen molar-refractivity contribution in [3.8, 4) is 5.75 Å². The Balaban J connectivity index is 1.80. The second-order valence-electron chi connectivity index (χ2n) is 9.94. The highest BCUT2D eigenvalue weighted by Gasteiger charge is 2.53. The van der Waals surface area contributed by atoms with E-state index in [1.54, 1.807) is 6.92 Å². The van der Waals surface area contributed by atoms with Gasteiger partial charge in [0.05, 0.1) is 12.0 Å². The van der Waals surface area contributed by atoms with Crippen molar-refractivity contribution < 1.29 is 18.8 Å². The van der Waals surface area contributed by atoms with Gasteiger partial charge in [0, 0.05) is 24.3 Å². The molecule has 0 radical (unpaired) electrons. The summed E-state index contributed by atoms with van der Waals surface area (Å²) in [7, 11) is -1.95. The van der Waals surface area contributed by atoms with E-state index < -0.39 is 8.32 Å². The molecule has 4 atom stereocenters. The molecule has 5 heteroatoms. The van der Waals surface area contributed by atoms with Gasteiger partial charge in [0.15, 0.2) is 8.32 Å². The van der Waals surface area contributed by atoms with Gasteiger partial charge in [-0.15, -0.1) is 0 Å². The van der Waals surface area contributed by atoms with E-state index in [4.69, 9.17) is 9.16 Å². The molecule has 0 spiro atoms. The average molecular weight is 403 g/mol. The van der Waals surface area contributed by atoms with Crippen LogP contribution in [0, 0.1) is 5.92 Å². The molecular formula is C23H34O4Si. The maximum Gasteiger partial charge on any atom is 0.192 e. The third-order valence-corrected chi connectivity index (χ3v) is 11.4. The van der Waals surface area contributed by atoms with Crippen molar-refractivity contribution >= 4 is 20.4 Å². The standard InChI is InChI=1S/C23H34O4Si/c1-15(25)9-7-10-16-11-8-12-17-21-18(14-24)19(13-20(21)26-22(16)17)27-28(5,6)23(2,3)4/h8,11-12,14,18-21H,7,9-10,13H2,1-6H3/t18-,19?,20-,21+/m0/s1. The Morgan fingerprint density at radius 1 is 1.32 bits per heavy atom. The topological polar surface area (TPSA) is 52.6 Å². The second-order valence-corrected chi connectivity index (χ2v) is 14.7. The number of fused-ring (bicyclic) bond motifs is 3. The Kier molecular flexibility index (Phi) is 5.88. The first kappa shape index (κ1) is 21.3. The Hall–Kier alpha value is -1.46. The van der Waals surface area contributed by atoms with E-state index in [2.05, 4.69) is 52.1 Å². The molecule has 0 N–H and O–H groups in total. The maximum absolute atomic E-state index is 12.1. The summed E-state index contributed by atoms with van der Waals surface area (Å²) in [6.45, 7) is 12.8. The lowest BCUT2D eigenvalue weighted by Gasteiger charge is -2.39. The number of aldehydes is 1. The van der Waals surface area contributed by atoms with Gasteiger partial charge < -0.3 is 18.8 Å². The molecule has 4 nitrogen and oxygen atoms in total. The summed E-state index contributed by atoms with van der Waals surface area (Å²) < 4.78 is 13.0. The van der Waals surface area contributed by atoms with Crippen molar-refractivity contribution in [1.82, 2.24) is 0 Å². The van der Waals surface area contributed by atoms with Gasteiger partial charge in [0.2, 0.25) is 0 Å². The quantitative estimate of drug-likeness (QED) is 0.473. The summed E-state index contributed by atoms with van der Waals surface area (Å²) in [6, 6.07) is 6.23. The molecule has 0 aromatic heterocycles. The summed E-state index contributed by atoms with van der Waals surface area (Å²) in [6.07, 6.45) is 4.05. The van der Waals surface area contributed by atoms with Crippen molar-refractivity contribution in [2.75, 3.05) is 0 Å². The van der Waals surface area contributed by atoms with Gasteiger partial charge in [-0.2, -0.15) is 0 Å². The number of Topliss-reactive ketones (excluding diaryl/α,β-unsaturated/α-hetero) is 1. The van der Waals surface area contributed by atoms with Crippen LogP contribution >= 0.6 is 0 Å². The molecule has 1 aromatic rings. The Labute approximate surface area is 170 Å². The predicted molar refractivity (Wildman–Crippen MR) is 113 cm³/mol. The summed E-state index contributed by atoms with van der Waals surface area (Å²) >= 11 is 0. The number of benzene rings is 1. The highest BCUT2D eigenvalue weighted by atomic mass is 28.4. The van der Waals surface area contributed by atoms with Crippen molar-refractivity contribution in [2.45, 2.75) is 89.6 Å². The molecule has 1 aromatic carbocycles. The van der Waals surface area contributed by atoms with Crippen LogP contribution in [0.15, 0.2) is 18.2 Å². The number of hydrogen-bond donors (Lipinski definition) is 0. The van der Waals surface area contributed by atoms with Crippen molar-refractivity contribution in [3.05, 3.63) is 29.3 Å². The van der Waals surface area contributed by atoms with Crippen molar-refractivity contribution in [2.24, 2.45) is 5.92 Å². The number of hydrogen-bond acceptors (Lipinski definition) is 4. The molecule has 1 aliphatic carbocycles. The minimum absolute atomic E-state index is 0.00826. The van der Waals surface area contributed by atoms with Crippen LogP contribution in [0.2, 0.25) is 18.1 Å². The van der Waals surface area contributed by atoms with E-state index in [1.807, 2.05) is 0 Å². The summed E-state index contributed by atoms with van der Waals surface area (Å²) in [4.78, 5) is 23.3. The number of para-hydroxylation sites is 1. The molecule has 0 saturated heterocycles. The minimum atomic E-state index is -1.95. The molecule has 28 heavy (non-hydrogen) atoms. The fraction of sp³-hybridized carbons (Fsp3) is 0.652. The fourth-order valence-electron chi connectivity index (χ4n) is 4.28. The Morgan fingerprint density at radius 2 is 2.04 bits per heavy atom. The summed E-state index contributed by atoms with van der Waals surface area (Å²) in [5, 5.41) is 0.112. The van der Waals surface area contributed by atoms with Crippen LogP contribution in [0.4, 0.5) is 0 Å². The van der Waals surface area contributed by atoms with Crippen LogP contribution in [0.3, 0.4) is 0 Å². The van der Waals surface area contributed by atoms with Gasteiger partial charge in [0.25, 0.3) is 0 Å². The molecule has 154 valence electrons. The van der Waals surface area contributed by atoms with Gasteiger partial charge in [0.1, 0.15) is 23.9 Å². The molecular weight excluding hydrogens is 368 g/mol. The SMILES string of the molecule is CC(=O)CCCc1cccc2c1O[C@H]1CC(O[Si](C)(C)C(C)(C)C)[C@H](C=O)[C@@H]21. The maximum atomic E-state index is 12.1. The normalized spacial score (nSPS) is 26.5. The molecule has 0 amide bonds. The third kappa shape index (κ3) is 3.97. The molecule has 2 aliphatic rings. The number of rotatable bonds is 7. The van der Waals surface area contributed by atoms with E-state index in [-0.39, 0.29) is 34.9 Å². The van der Waals surface area contributed by atoms with Crippen LogP contribution in [0.1, 0.15) is 64.0 Å². The van der Waals surface area contributed by atoms with Crippen LogP contribution in [0.25, 0.3) is 0 Å². The summed E-state index contributed by atoms with van der Waals surface area (Å²) in [5.74, 6) is 1.08. The third-order valence-electron chi connectivity index (χ3n) is 6.85. The van der Waals surface area contributed by atoms with Gasteiger partial charge in [-0.3, -0.25) is 0 Å². The molecule has 1 fully saturated rings. The van der Waals surface area contributed by atoms with Crippen molar-refractivity contribution in [3.63, 3.8) is 0 Å². The van der Waals surface area contributed by atoms with Gasteiger partial charge in [-0.05, 0) is 43.5 Å². The van der Waals surface area contributed by atoms with Crippen molar-refractivity contribution in [1.29, 1.82) is 0 Å². The Bertz CT molecular complexity index is 749. The first-order chi connectivity index (χ1) is 13.0. The lowest BCUT2D eigenvalue weighted by molar-refractivity contribution is -0.117. The van der Waals surface area contributed by atoms with Crippen LogP contribution < -0.4 is 4.74 Å². The zero-order valence-electron chi connectivity index (χ0n) is 18.1. The zero-order valence-corrected chi connectivity index (χ0v) is 19.1. The van der Waals surface area contributed by atoms with Gasteiger partial charge in [-0.1, -0.05) is 39.0 Å². The highest BCUT2D eigenvalue weighted by molar-refractivity contribution is 6.74. The second kappa shape index (κ2) is 7.75. The minimum Gasteiger partial charge on any atom is -0.489 e. The van der Waals surface area contributed by atoms with Gasteiger partial charge in [-0.25, -0.2) is 0 Å². The van der Waals surface area contributed by atoms with Crippen LogP contribution in [-0.2, 0) is 20.4 Å².